The van der Waals surface area contributed by atoms with E-state index in [0.717, 1.165) is 37.6 Å². The molecule has 176 valence electrons. The Bertz CT molecular complexity index is 1100. The molecule has 1 aliphatic carbocycles. The molecule has 2 saturated heterocycles. The first-order valence-corrected chi connectivity index (χ1v) is 12.4. The number of hydrogen-bond donors (Lipinski definition) is 2. The first-order chi connectivity index (χ1) is 16.7. The second-order valence-corrected chi connectivity index (χ2v) is 9.30. The maximum Gasteiger partial charge on any atom is 0.204 e. The number of hydrogen-bond acceptors (Lipinski definition) is 6. The second kappa shape index (κ2) is 10.2. The van der Waals surface area contributed by atoms with Gasteiger partial charge in [-0.05, 0) is 93.1 Å². The summed E-state index contributed by atoms with van der Waals surface area (Å²) in [5.41, 5.74) is 11.8. The van der Waals surface area contributed by atoms with Gasteiger partial charge >= 0.3 is 0 Å². The van der Waals surface area contributed by atoms with Crippen LogP contribution in [0.3, 0.4) is 0 Å². The number of nitrogens with one attached hydrogen (secondary N) is 1. The van der Waals surface area contributed by atoms with Gasteiger partial charge in [0.05, 0.1) is 22.8 Å². The zero-order valence-corrected chi connectivity index (χ0v) is 19.7. The Morgan fingerprint density at radius 1 is 0.706 bits per heavy atom. The first kappa shape index (κ1) is 22.3. The topological polar surface area (TPSA) is 74.0 Å². The molecule has 0 saturated carbocycles. The van der Waals surface area contributed by atoms with Crippen LogP contribution in [-0.2, 0) is 4.79 Å². The minimum Gasteiger partial charge on any atom is -0.397 e. The highest BCUT2D eigenvalue weighted by Gasteiger charge is 2.18. The van der Waals surface area contributed by atoms with Crippen molar-refractivity contribution >= 4 is 34.2 Å². The zero-order valence-electron chi connectivity index (χ0n) is 19.7. The van der Waals surface area contributed by atoms with Crippen molar-refractivity contribution in [1.29, 1.82) is 0 Å². The number of benzene rings is 2. The molecule has 0 radical (unpaired) electrons. The third-order valence-electron chi connectivity index (χ3n) is 6.82. The molecule has 6 heteroatoms. The molecule has 2 aromatic rings. The van der Waals surface area contributed by atoms with Crippen LogP contribution < -0.4 is 20.9 Å². The van der Waals surface area contributed by atoms with E-state index in [-0.39, 0.29) is 5.78 Å². The number of carbonyl (C=O) groups excluding carboxylic acids is 1. The van der Waals surface area contributed by atoms with Gasteiger partial charge in [0, 0.05) is 49.3 Å². The van der Waals surface area contributed by atoms with E-state index in [2.05, 4.69) is 39.4 Å². The van der Waals surface area contributed by atoms with Crippen LogP contribution in [0.2, 0.25) is 0 Å². The standard InChI is InChI=1S/C28H33N5O/c29-25-19-28(34)27(31-22-9-13-24(14-10-22)33-17-5-2-6-18-33)20-26(25)30-21-7-11-23(12-8-21)32-15-3-1-4-16-32/h7-14,19-20,31H,1-6,15-18,29H2/b30-26-. The molecule has 2 heterocycles. The Labute approximate surface area is 201 Å². The van der Waals surface area contributed by atoms with Gasteiger partial charge in [-0.1, -0.05) is 0 Å². The van der Waals surface area contributed by atoms with Crippen LogP contribution >= 0.6 is 0 Å². The molecule has 0 unspecified atom stereocenters. The highest BCUT2D eigenvalue weighted by atomic mass is 16.1. The summed E-state index contributed by atoms with van der Waals surface area (Å²) in [6, 6.07) is 16.5. The van der Waals surface area contributed by atoms with Gasteiger partial charge in [-0.25, -0.2) is 4.99 Å². The summed E-state index contributed by atoms with van der Waals surface area (Å²) in [7, 11) is 0. The van der Waals surface area contributed by atoms with E-state index in [0.29, 0.717) is 17.1 Å². The third-order valence-corrected chi connectivity index (χ3v) is 6.82. The SMILES string of the molecule is NC1=CC(=O)C(Nc2ccc(N3CCCCC3)cc2)=C/C1=N/c1ccc(N2CCCCC2)cc1. The number of ketones is 1. The van der Waals surface area contributed by atoms with Crippen molar-refractivity contribution in [2.24, 2.45) is 10.7 Å². The molecular weight excluding hydrogens is 422 g/mol. The van der Waals surface area contributed by atoms with Gasteiger partial charge < -0.3 is 20.9 Å². The van der Waals surface area contributed by atoms with E-state index in [4.69, 9.17) is 10.7 Å². The summed E-state index contributed by atoms with van der Waals surface area (Å²) < 4.78 is 0. The Morgan fingerprint density at radius 2 is 1.24 bits per heavy atom. The van der Waals surface area contributed by atoms with E-state index in [1.165, 1.54) is 56.0 Å². The van der Waals surface area contributed by atoms with Gasteiger partial charge in [0.1, 0.15) is 0 Å². The molecule has 5 rings (SSSR count). The molecule has 34 heavy (non-hydrogen) atoms. The lowest BCUT2D eigenvalue weighted by molar-refractivity contribution is -0.111. The molecule has 0 bridgehead atoms. The largest absolute Gasteiger partial charge is 0.397 e. The van der Waals surface area contributed by atoms with Crippen LogP contribution in [0, 0.1) is 0 Å². The summed E-state index contributed by atoms with van der Waals surface area (Å²) >= 11 is 0. The monoisotopic (exact) mass is 455 g/mol. The van der Waals surface area contributed by atoms with E-state index in [9.17, 15) is 4.79 Å². The van der Waals surface area contributed by atoms with Crippen molar-refractivity contribution in [1.82, 2.24) is 0 Å². The molecule has 3 aliphatic rings. The number of allylic oxidation sites excluding steroid dienone is 2. The summed E-state index contributed by atoms with van der Waals surface area (Å²) in [6.45, 7) is 4.45. The van der Waals surface area contributed by atoms with E-state index >= 15 is 0 Å². The second-order valence-electron chi connectivity index (χ2n) is 9.30. The van der Waals surface area contributed by atoms with Crippen molar-refractivity contribution in [2.45, 2.75) is 38.5 Å². The van der Waals surface area contributed by atoms with Gasteiger partial charge in [0.2, 0.25) is 5.78 Å². The van der Waals surface area contributed by atoms with Crippen LogP contribution in [0.4, 0.5) is 22.7 Å². The highest BCUT2D eigenvalue weighted by Crippen LogP contribution is 2.26. The van der Waals surface area contributed by atoms with Crippen molar-refractivity contribution in [3.8, 4) is 0 Å². The summed E-state index contributed by atoms with van der Waals surface area (Å²) in [5, 5.41) is 3.25. The number of rotatable bonds is 5. The minimum absolute atomic E-state index is 0.142. The lowest BCUT2D eigenvalue weighted by Crippen LogP contribution is -2.29. The number of piperidine rings is 2. The summed E-state index contributed by atoms with van der Waals surface area (Å²) in [6.07, 6.45) is 10.8. The maximum atomic E-state index is 12.6. The van der Waals surface area contributed by atoms with Crippen molar-refractivity contribution in [2.75, 3.05) is 41.3 Å². The van der Waals surface area contributed by atoms with Gasteiger partial charge in [0.15, 0.2) is 0 Å². The fraction of sp³-hybridized carbons (Fsp3) is 0.357. The summed E-state index contributed by atoms with van der Waals surface area (Å²) in [4.78, 5) is 22.1. The van der Waals surface area contributed by atoms with Crippen molar-refractivity contribution in [3.05, 3.63) is 72.1 Å². The van der Waals surface area contributed by atoms with Gasteiger partial charge in [-0.15, -0.1) is 0 Å². The summed E-state index contributed by atoms with van der Waals surface area (Å²) in [5.74, 6) is -0.142. The highest BCUT2D eigenvalue weighted by molar-refractivity contribution is 6.23. The van der Waals surface area contributed by atoms with Gasteiger partial charge in [-0.2, -0.15) is 0 Å². The Hall–Kier alpha value is -3.54. The van der Waals surface area contributed by atoms with Gasteiger partial charge in [0.25, 0.3) is 0 Å². The molecule has 0 amide bonds. The van der Waals surface area contributed by atoms with Crippen molar-refractivity contribution in [3.63, 3.8) is 0 Å². The Balaban J connectivity index is 1.30. The molecular formula is C28H33N5O. The van der Waals surface area contributed by atoms with E-state index in [1.54, 1.807) is 6.08 Å². The molecule has 0 aromatic heterocycles. The molecule has 2 aliphatic heterocycles. The molecule has 2 aromatic carbocycles. The molecule has 3 N–H and O–H groups in total. The van der Waals surface area contributed by atoms with E-state index < -0.39 is 0 Å². The maximum absolute atomic E-state index is 12.6. The third kappa shape index (κ3) is 5.16. The lowest BCUT2D eigenvalue weighted by Gasteiger charge is -2.29. The smallest absolute Gasteiger partial charge is 0.204 e. The fourth-order valence-corrected chi connectivity index (χ4v) is 4.87. The number of anilines is 3. The predicted molar refractivity (Wildman–Crippen MR) is 141 cm³/mol. The average molecular weight is 456 g/mol. The van der Waals surface area contributed by atoms with Crippen molar-refractivity contribution < 1.29 is 4.79 Å². The van der Waals surface area contributed by atoms with E-state index in [1.807, 2.05) is 24.3 Å². The van der Waals surface area contributed by atoms with Crippen LogP contribution in [-0.4, -0.2) is 37.7 Å². The number of carbonyl (C=O) groups is 1. The number of nitrogens with two attached hydrogens (primary N) is 1. The molecule has 2 fully saturated rings. The lowest BCUT2D eigenvalue weighted by atomic mass is 10.1. The molecule has 0 atom stereocenters. The number of nitrogens with zero attached hydrogens (tertiary/aromatic N) is 3. The van der Waals surface area contributed by atoms with Gasteiger partial charge in [-0.3, -0.25) is 4.79 Å². The Morgan fingerprint density at radius 3 is 1.79 bits per heavy atom. The minimum atomic E-state index is -0.142. The van der Waals surface area contributed by atoms with Crippen LogP contribution in [0.1, 0.15) is 38.5 Å². The molecule has 0 spiro atoms. The van der Waals surface area contributed by atoms with Crippen LogP contribution in [0.25, 0.3) is 0 Å². The quantitative estimate of drug-likeness (QED) is 0.609. The van der Waals surface area contributed by atoms with Crippen LogP contribution in [0.15, 0.2) is 77.1 Å². The fourth-order valence-electron chi connectivity index (χ4n) is 4.87. The molecule has 6 nitrogen and oxygen atoms in total. The first-order valence-electron chi connectivity index (χ1n) is 12.4. The normalized spacial score (nSPS) is 20.2. The number of aliphatic imine (C=N–C) groups is 1. The average Bonchev–Trinajstić information content (AvgIpc) is 2.89. The predicted octanol–water partition coefficient (Wildman–Crippen LogP) is 5.16. The zero-order chi connectivity index (χ0) is 23.3. The Kier molecular flexibility index (Phi) is 6.65. The van der Waals surface area contributed by atoms with Crippen LogP contribution in [0.5, 0.6) is 0 Å².